The first-order chi connectivity index (χ1) is 26.8. The van der Waals surface area contributed by atoms with Crippen LogP contribution in [0.2, 0.25) is 0 Å². The summed E-state index contributed by atoms with van der Waals surface area (Å²) in [5, 5.41) is 16.6. The number of aliphatic hydroxyl groups excluding tert-OH is 1. The zero-order valence-corrected chi connectivity index (χ0v) is 38.0. The highest BCUT2D eigenvalue weighted by molar-refractivity contribution is 6.19. The lowest BCUT2D eigenvalue weighted by Gasteiger charge is -2.73. The molecule has 8 atom stereocenters. The molecule has 57 heavy (non-hydrogen) atoms. The molecule has 3 N–H and O–H groups in total. The van der Waals surface area contributed by atoms with E-state index < -0.39 is 0 Å². The average molecular weight is 808 g/mol. The van der Waals surface area contributed by atoms with E-state index in [2.05, 4.69) is 65.7 Å². The van der Waals surface area contributed by atoms with Crippen LogP contribution in [0.15, 0.2) is 42.0 Å². The largest absolute Gasteiger partial charge is 0.462 e. The highest BCUT2D eigenvalue weighted by Crippen LogP contribution is 2.78. The lowest BCUT2D eigenvalue weighted by atomic mass is 9.31. The van der Waals surface area contributed by atoms with Crippen LogP contribution >= 0.6 is 11.6 Å². The topological polar surface area (TPSA) is 120 Å². The third-order valence-corrected chi connectivity index (χ3v) is 16.9. The Labute approximate surface area is 349 Å². The number of hydrogen-bond acceptors (Lipinski definition) is 7. The molecule has 0 amide bonds. The molecule has 0 saturated heterocycles. The molecule has 0 bridgehead atoms. The summed E-state index contributed by atoms with van der Waals surface area (Å²) in [6.45, 7) is 28.2. The van der Waals surface area contributed by atoms with Crippen LogP contribution in [0.3, 0.4) is 0 Å². The van der Waals surface area contributed by atoms with Crippen molar-refractivity contribution < 1.29 is 19.4 Å². The van der Waals surface area contributed by atoms with Crippen LogP contribution in [0.5, 0.6) is 0 Å². The maximum absolute atomic E-state index is 14.3. The molecule has 8 unspecified atom stereocenters. The molecular weight excluding hydrogens is 732 g/mol. The van der Waals surface area contributed by atoms with Crippen LogP contribution in [-0.4, -0.2) is 57.3 Å². The Morgan fingerprint density at radius 2 is 1.74 bits per heavy atom. The molecule has 0 spiro atoms. The molecule has 5 aliphatic carbocycles. The fraction of sp³-hybridized carbons (Fsp3) is 0.750. The van der Waals surface area contributed by atoms with Gasteiger partial charge < -0.3 is 20.1 Å². The predicted molar refractivity (Wildman–Crippen MR) is 232 cm³/mol. The molecule has 1 heterocycles. The zero-order valence-electron chi connectivity index (χ0n) is 37.3. The Morgan fingerprint density at radius 3 is 2.35 bits per heavy atom. The highest BCUT2D eigenvalue weighted by Gasteiger charge is 2.71. The molecule has 1 aromatic rings. The van der Waals surface area contributed by atoms with Gasteiger partial charge in [0.15, 0.2) is 11.6 Å². The van der Waals surface area contributed by atoms with E-state index >= 15 is 0 Å². The maximum Gasteiger partial charge on any atom is 0.306 e. The maximum atomic E-state index is 14.3. The Kier molecular flexibility index (Phi) is 13.5. The molecular formula is C48H75ClN4O4. The van der Waals surface area contributed by atoms with Gasteiger partial charge in [-0.2, -0.15) is 0 Å². The summed E-state index contributed by atoms with van der Waals surface area (Å²) < 4.78 is 8.57. The average Bonchev–Trinajstić information content (AvgIpc) is 3.68. The van der Waals surface area contributed by atoms with E-state index in [1.54, 1.807) is 0 Å². The number of fused-ring (bicyclic) bond motifs is 7. The standard InChI is InChI=1S/C47H71ClN4O3.CH4O/c1-12-31(15-14-24-48)41-51-50-37(52(41)26-25-49)28-47-23-17-33-32(40(47)39(30(3)4)34(53)27-47)16-22-46(11)44(33,9)20-18-35-43(7,8)36(19-21-45(35,46)10)55-38(54)29-42(5,6)13-2;1-2/h12-15,30,32-33,35-36H,2,16-29,49H2,1,3-11H3;2H,1H3/b15-14-,31-12+;. The number of ketones is 1. The van der Waals surface area contributed by atoms with Crippen LogP contribution in [0, 0.1) is 56.2 Å². The highest BCUT2D eigenvalue weighted by atomic mass is 35.5. The van der Waals surface area contributed by atoms with Crippen molar-refractivity contribution in [2.45, 2.75) is 153 Å². The molecule has 0 aliphatic heterocycles. The fourth-order valence-corrected chi connectivity index (χ4v) is 13.7. The number of halogens is 1. The minimum atomic E-state index is -0.279. The fourth-order valence-electron chi connectivity index (χ4n) is 13.6. The number of rotatable bonds is 12. The normalized spacial score (nSPS) is 34.9. The number of allylic oxidation sites excluding steroid dienone is 7. The second-order valence-corrected chi connectivity index (χ2v) is 20.8. The molecule has 5 aliphatic rings. The zero-order chi connectivity index (χ0) is 42.4. The molecule has 4 saturated carbocycles. The van der Waals surface area contributed by atoms with E-state index in [1.807, 2.05) is 39.0 Å². The van der Waals surface area contributed by atoms with Crippen molar-refractivity contribution >= 4 is 28.9 Å². The van der Waals surface area contributed by atoms with Gasteiger partial charge in [0.1, 0.15) is 11.9 Å². The first-order valence-electron chi connectivity index (χ1n) is 21.9. The van der Waals surface area contributed by atoms with Crippen molar-refractivity contribution in [2.75, 3.05) is 19.5 Å². The summed E-state index contributed by atoms with van der Waals surface area (Å²) in [4.78, 5) is 27.5. The summed E-state index contributed by atoms with van der Waals surface area (Å²) in [5.74, 6) is 3.95. The van der Waals surface area contributed by atoms with Crippen molar-refractivity contribution in [2.24, 2.45) is 61.9 Å². The number of carbonyl (C=O) groups excluding carboxylic acids is 2. The van der Waals surface area contributed by atoms with Crippen LogP contribution < -0.4 is 5.73 Å². The number of alkyl halides is 1. The van der Waals surface area contributed by atoms with Gasteiger partial charge in [-0.15, -0.1) is 28.4 Å². The third kappa shape index (κ3) is 7.49. The number of esters is 1. The van der Waals surface area contributed by atoms with Crippen LogP contribution in [-0.2, 0) is 27.3 Å². The van der Waals surface area contributed by atoms with E-state index in [1.165, 1.54) is 12.0 Å². The van der Waals surface area contributed by atoms with Crippen molar-refractivity contribution in [1.29, 1.82) is 0 Å². The lowest BCUT2D eigenvalue weighted by Crippen LogP contribution is -2.67. The number of ether oxygens (including phenoxy) is 1. The van der Waals surface area contributed by atoms with E-state index in [0.717, 1.165) is 74.9 Å². The third-order valence-electron chi connectivity index (χ3n) is 16.8. The summed E-state index contributed by atoms with van der Waals surface area (Å²) in [5.41, 5.74) is 9.47. The van der Waals surface area contributed by atoms with E-state index in [9.17, 15) is 9.59 Å². The van der Waals surface area contributed by atoms with E-state index in [4.69, 9.17) is 37.4 Å². The predicted octanol–water partition coefficient (Wildman–Crippen LogP) is 10.1. The van der Waals surface area contributed by atoms with E-state index in [0.29, 0.717) is 61.8 Å². The molecule has 0 aromatic carbocycles. The molecule has 1 aromatic heterocycles. The minimum Gasteiger partial charge on any atom is -0.462 e. The summed E-state index contributed by atoms with van der Waals surface area (Å²) in [6.07, 6.45) is 18.1. The van der Waals surface area contributed by atoms with Crippen molar-refractivity contribution in [3.05, 3.63) is 53.7 Å². The monoisotopic (exact) mass is 807 g/mol. The number of aliphatic hydroxyl groups is 1. The molecule has 8 nitrogen and oxygen atoms in total. The molecule has 0 radical (unpaired) electrons. The minimum absolute atomic E-state index is 0.0800. The Bertz CT molecular complexity index is 1770. The number of nitrogens with zero attached hydrogens (tertiary/aromatic N) is 3. The van der Waals surface area contributed by atoms with E-state index in [-0.39, 0.29) is 50.5 Å². The van der Waals surface area contributed by atoms with Gasteiger partial charge in [0.05, 0.1) is 6.42 Å². The smallest absolute Gasteiger partial charge is 0.306 e. The number of aromatic nitrogens is 3. The van der Waals surface area contributed by atoms with Gasteiger partial charge in [-0.25, -0.2) is 0 Å². The van der Waals surface area contributed by atoms with Crippen LogP contribution in [0.25, 0.3) is 5.57 Å². The van der Waals surface area contributed by atoms with Gasteiger partial charge in [0.2, 0.25) is 0 Å². The van der Waals surface area contributed by atoms with Crippen LogP contribution in [0.4, 0.5) is 0 Å². The van der Waals surface area contributed by atoms with Gasteiger partial charge in [-0.1, -0.05) is 92.2 Å². The Morgan fingerprint density at radius 1 is 1.05 bits per heavy atom. The molecule has 318 valence electrons. The second-order valence-electron chi connectivity index (χ2n) is 20.5. The first kappa shape index (κ1) is 45.5. The number of nitrogens with two attached hydrogens (primary N) is 1. The quantitative estimate of drug-likeness (QED) is 0.0934. The van der Waals surface area contributed by atoms with Crippen LogP contribution in [0.1, 0.15) is 145 Å². The van der Waals surface area contributed by atoms with Gasteiger partial charge in [0, 0.05) is 55.3 Å². The first-order valence-corrected chi connectivity index (χ1v) is 22.4. The van der Waals surface area contributed by atoms with Gasteiger partial charge in [-0.3, -0.25) is 9.59 Å². The van der Waals surface area contributed by atoms with Crippen molar-refractivity contribution in [3.8, 4) is 0 Å². The Balaban J connectivity index is 0.00000305. The number of carbonyl (C=O) groups is 2. The van der Waals surface area contributed by atoms with Crippen molar-refractivity contribution in [3.63, 3.8) is 0 Å². The second kappa shape index (κ2) is 16.8. The summed E-state index contributed by atoms with van der Waals surface area (Å²) in [6, 6.07) is 0. The van der Waals surface area contributed by atoms with Gasteiger partial charge in [0.25, 0.3) is 0 Å². The van der Waals surface area contributed by atoms with Crippen molar-refractivity contribution in [1.82, 2.24) is 14.8 Å². The molecule has 9 heteroatoms. The number of Topliss-reactive ketones (excluding diaryl/α,β-unsaturated/α-hetero) is 1. The SMILES string of the molecule is C=CC(C)(C)CC(=O)OC1CCC2(C)C(CCC3(C)C4CCC5(Cc6nnc(C(/C=C\CCl)=C/C)n6CCN)CC(=O)C(C(C)C)=C5C4CCC32C)C1(C)C.CO. The Hall–Kier alpha value is -2.55. The van der Waals surface area contributed by atoms with Gasteiger partial charge in [-0.05, 0) is 109 Å². The molecule has 6 rings (SSSR count). The number of hydrogen-bond donors (Lipinski definition) is 2. The van der Waals surface area contributed by atoms with Gasteiger partial charge >= 0.3 is 5.97 Å². The summed E-state index contributed by atoms with van der Waals surface area (Å²) in [7, 11) is 1.00. The summed E-state index contributed by atoms with van der Waals surface area (Å²) >= 11 is 6.02. The molecule has 4 fully saturated rings. The lowest BCUT2D eigenvalue weighted by molar-refractivity contribution is -0.255.